The highest BCUT2D eigenvalue weighted by atomic mass is 16.5. The highest BCUT2D eigenvalue weighted by Crippen LogP contribution is 2.39. The van der Waals surface area contributed by atoms with Gasteiger partial charge >= 0.3 is 0 Å². The molecule has 3 heterocycles. The summed E-state index contributed by atoms with van der Waals surface area (Å²) >= 11 is 0. The second kappa shape index (κ2) is 8.59. The fourth-order valence-electron chi connectivity index (χ4n) is 4.26. The van der Waals surface area contributed by atoms with Crippen LogP contribution in [0.15, 0.2) is 48.2 Å². The van der Waals surface area contributed by atoms with E-state index >= 15 is 0 Å². The van der Waals surface area contributed by atoms with Gasteiger partial charge in [-0.15, -0.1) is 0 Å². The molecular weight excluding hydrogens is 406 g/mol. The molecule has 166 valence electrons. The van der Waals surface area contributed by atoms with E-state index in [1.54, 1.807) is 7.11 Å². The van der Waals surface area contributed by atoms with Gasteiger partial charge in [0.1, 0.15) is 11.3 Å². The molecule has 3 aromatic rings. The summed E-state index contributed by atoms with van der Waals surface area (Å²) in [6.45, 7) is 6.35. The van der Waals surface area contributed by atoms with E-state index < -0.39 is 17.7 Å². The second-order valence-electron chi connectivity index (χ2n) is 8.01. The van der Waals surface area contributed by atoms with Gasteiger partial charge in [-0.05, 0) is 43.0 Å². The van der Waals surface area contributed by atoms with Crippen LogP contribution >= 0.6 is 0 Å². The molecule has 1 aromatic carbocycles. The summed E-state index contributed by atoms with van der Waals surface area (Å²) in [6.07, 6.45) is 2.74. The lowest BCUT2D eigenvalue weighted by Gasteiger charge is -2.25. The Morgan fingerprint density at radius 3 is 2.50 bits per heavy atom. The highest BCUT2D eigenvalue weighted by Gasteiger charge is 2.46. The maximum atomic E-state index is 13.1. The van der Waals surface area contributed by atoms with E-state index in [0.717, 1.165) is 23.1 Å². The molecule has 2 aromatic heterocycles. The van der Waals surface area contributed by atoms with Gasteiger partial charge in [-0.25, -0.2) is 4.98 Å². The molecule has 1 N–H and O–H groups in total. The van der Waals surface area contributed by atoms with E-state index in [1.165, 1.54) is 4.90 Å². The smallest absolute Gasteiger partial charge is 0.295 e. The van der Waals surface area contributed by atoms with Crippen molar-refractivity contribution < 1.29 is 19.4 Å². The third-order valence-corrected chi connectivity index (χ3v) is 6.09. The fraction of sp³-hybridized carbons (Fsp3) is 0.320. The molecule has 1 unspecified atom stereocenters. The van der Waals surface area contributed by atoms with Crippen molar-refractivity contribution in [2.45, 2.75) is 33.2 Å². The van der Waals surface area contributed by atoms with E-state index in [2.05, 4.69) is 11.9 Å². The number of benzene rings is 1. The number of hydrogen-bond acceptors (Lipinski definition) is 5. The van der Waals surface area contributed by atoms with Crippen molar-refractivity contribution in [3.05, 3.63) is 76.2 Å². The maximum Gasteiger partial charge on any atom is 0.295 e. The molecule has 1 atom stereocenters. The number of rotatable bonds is 6. The van der Waals surface area contributed by atoms with Crippen LogP contribution in [-0.4, -0.2) is 51.3 Å². The number of aromatic nitrogens is 2. The van der Waals surface area contributed by atoms with Gasteiger partial charge in [0, 0.05) is 19.9 Å². The van der Waals surface area contributed by atoms with Crippen LogP contribution in [0.25, 0.3) is 11.4 Å². The molecule has 0 radical (unpaired) electrons. The Hall–Kier alpha value is -3.45. The van der Waals surface area contributed by atoms with Gasteiger partial charge in [-0.3, -0.25) is 9.59 Å². The number of carbonyl (C=O) groups is 2. The van der Waals surface area contributed by atoms with Gasteiger partial charge < -0.3 is 19.1 Å². The monoisotopic (exact) mass is 433 g/mol. The Morgan fingerprint density at radius 2 is 1.88 bits per heavy atom. The maximum absolute atomic E-state index is 13.1. The van der Waals surface area contributed by atoms with Gasteiger partial charge in [-0.2, -0.15) is 0 Å². The molecule has 32 heavy (non-hydrogen) atoms. The minimum absolute atomic E-state index is 0.0551. The summed E-state index contributed by atoms with van der Waals surface area (Å²) in [6, 6.07) is 10.9. The molecule has 1 aliphatic rings. The summed E-state index contributed by atoms with van der Waals surface area (Å²) in [5.74, 6) is -1.62. The number of ether oxygens (including phenoxy) is 1. The lowest BCUT2D eigenvalue weighted by Crippen LogP contribution is -2.32. The number of imidazole rings is 1. The van der Waals surface area contributed by atoms with Crippen LogP contribution in [-0.2, 0) is 20.7 Å². The van der Waals surface area contributed by atoms with Crippen molar-refractivity contribution in [2.75, 3.05) is 20.3 Å². The predicted octanol–water partition coefficient (Wildman–Crippen LogP) is 3.58. The minimum atomic E-state index is -0.712. The number of hydrogen-bond donors (Lipinski definition) is 1. The van der Waals surface area contributed by atoms with Crippen LogP contribution in [0.5, 0.6) is 0 Å². The number of likely N-dealkylation sites (tertiary alicyclic amines) is 1. The van der Waals surface area contributed by atoms with Crippen LogP contribution in [0.3, 0.4) is 0 Å². The quantitative estimate of drug-likeness (QED) is 0.365. The fourth-order valence-corrected chi connectivity index (χ4v) is 4.26. The van der Waals surface area contributed by atoms with E-state index in [9.17, 15) is 14.7 Å². The minimum Gasteiger partial charge on any atom is -0.505 e. The van der Waals surface area contributed by atoms with E-state index in [0.29, 0.717) is 17.0 Å². The topological polar surface area (TPSA) is 84.1 Å². The SMILES string of the molecule is CCc1ccc(C2/C(=C(\O)c3nc4c(C)cccn4c3C)C(=O)C(=O)N2CCOC)cc1. The Labute approximate surface area is 187 Å². The number of methoxy groups -OCH3 is 1. The van der Waals surface area contributed by atoms with Crippen molar-refractivity contribution in [2.24, 2.45) is 0 Å². The third-order valence-electron chi connectivity index (χ3n) is 6.09. The van der Waals surface area contributed by atoms with Gasteiger partial charge in [0.15, 0.2) is 5.76 Å². The first-order chi connectivity index (χ1) is 15.4. The molecule has 0 bridgehead atoms. The Kier molecular flexibility index (Phi) is 5.84. The van der Waals surface area contributed by atoms with Gasteiger partial charge in [0.25, 0.3) is 11.7 Å². The average molecular weight is 434 g/mol. The standard InChI is InChI=1S/C25H27N3O4/c1-5-17-8-10-18(11-9-17)21-19(23(30)25(31)28(21)13-14-32-4)22(29)20-16(3)27-12-6-7-15(2)24(27)26-20/h6-12,21,29H,5,13-14H2,1-4H3/b22-19+. The first kappa shape index (κ1) is 21.8. The first-order valence-electron chi connectivity index (χ1n) is 10.7. The molecule has 7 heteroatoms. The predicted molar refractivity (Wildman–Crippen MR) is 121 cm³/mol. The average Bonchev–Trinajstić information content (AvgIpc) is 3.27. The Bertz CT molecular complexity index is 1220. The van der Waals surface area contributed by atoms with E-state index in [4.69, 9.17) is 4.74 Å². The number of aliphatic hydroxyl groups is 1. The summed E-state index contributed by atoms with van der Waals surface area (Å²) in [4.78, 5) is 32.1. The van der Waals surface area contributed by atoms with Gasteiger partial charge in [0.2, 0.25) is 0 Å². The largest absolute Gasteiger partial charge is 0.505 e. The zero-order valence-corrected chi connectivity index (χ0v) is 18.8. The normalized spacial score (nSPS) is 18.1. The molecule has 0 spiro atoms. The van der Waals surface area contributed by atoms with Crippen LogP contribution in [0.2, 0.25) is 0 Å². The van der Waals surface area contributed by atoms with Gasteiger partial charge in [0.05, 0.1) is 23.9 Å². The van der Waals surface area contributed by atoms with Crippen molar-refractivity contribution >= 4 is 23.1 Å². The number of pyridine rings is 1. The first-order valence-corrected chi connectivity index (χ1v) is 10.7. The van der Waals surface area contributed by atoms with E-state index in [1.807, 2.05) is 60.8 Å². The molecule has 0 saturated carbocycles. The number of amides is 1. The molecule has 1 aliphatic heterocycles. The highest BCUT2D eigenvalue weighted by molar-refractivity contribution is 6.46. The summed E-state index contributed by atoms with van der Waals surface area (Å²) < 4.78 is 7.03. The van der Waals surface area contributed by atoms with Gasteiger partial charge in [-0.1, -0.05) is 37.3 Å². The summed E-state index contributed by atoms with van der Waals surface area (Å²) in [7, 11) is 1.55. The lowest BCUT2D eigenvalue weighted by atomic mass is 9.95. The third kappa shape index (κ3) is 3.48. The number of ketones is 1. The molecule has 7 nitrogen and oxygen atoms in total. The van der Waals surface area contributed by atoms with Crippen molar-refractivity contribution in [3.63, 3.8) is 0 Å². The molecule has 0 aliphatic carbocycles. The van der Waals surface area contributed by atoms with Crippen molar-refractivity contribution in [3.8, 4) is 0 Å². The number of aryl methyl sites for hydroxylation is 3. The number of carbonyl (C=O) groups excluding carboxylic acids is 2. The number of Topliss-reactive ketones (excluding diaryl/α,β-unsaturated/α-hetero) is 1. The lowest BCUT2D eigenvalue weighted by molar-refractivity contribution is -0.140. The van der Waals surface area contributed by atoms with Crippen LogP contribution < -0.4 is 0 Å². The number of aliphatic hydroxyl groups excluding tert-OH is 1. The van der Waals surface area contributed by atoms with Crippen molar-refractivity contribution in [1.82, 2.24) is 14.3 Å². The zero-order chi connectivity index (χ0) is 23.0. The zero-order valence-electron chi connectivity index (χ0n) is 18.8. The summed E-state index contributed by atoms with van der Waals surface area (Å²) in [5, 5.41) is 11.3. The molecule has 1 saturated heterocycles. The molecular formula is C25H27N3O4. The Balaban J connectivity index is 1.91. The van der Waals surface area contributed by atoms with Crippen molar-refractivity contribution in [1.29, 1.82) is 0 Å². The van der Waals surface area contributed by atoms with Crippen LogP contribution in [0.4, 0.5) is 0 Å². The van der Waals surface area contributed by atoms with Crippen LogP contribution in [0.1, 0.15) is 41.0 Å². The number of fused-ring (bicyclic) bond motifs is 1. The van der Waals surface area contributed by atoms with E-state index in [-0.39, 0.29) is 24.5 Å². The second-order valence-corrected chi connectivity index (χ2v) is 8.01. The molecule has 1 fully saturated rings. The number of nitrogens with zero attached hydrogens (tertiary/aromatic N) is 3. The molecule has 1 amide bonds. The Morgan fingerprint density at radius 1 is 1.16 bits per heavy atom. The van der Waals surface area contributed by atoms with Crippen LogP contribution in [0, 0.1) is 13.8 Å². The summed E-state index contributed by atoms with van der Waals surface area (Å²) in [5.41, 5.74) is 4.61. The molecule has 4 rings (SSSR count).